The largest absolute Gasteiger partial charge is 0.427 e. The van der Waals surface area contributed by atoms with Crippen LogP contribution in [-0.4, -0.2) is 41.6 Å². The number of likely N-dealkylation sites (tertiary alicyclic amines) is 1. The maximum absolute atomic E-state index is 12.5. The molecular formula is C16H21F2N3O3. The first-order chi connectivity index (χ1) is 11.5. The summed E-state index contributed by atoms with van der Waals surface area (Å²) in [4.78, 5) is 12.7. The van der Waals surface area contributed by atoms with Gasteiger partial charge in [-0.3, -0.25) is 15.0 Å². The Morgan fingerprint density at radius 3 is 2.71 bits per heavy atom. The Morgan fingerprint density at radius 1 is 1.29 bits per heavy atom. The van der Waals surface area contributed by atoms with E-state index < -0.39 is 23.0 Å². The Kier molecular flexibility index (Phi) is 5.13. The lowest BCUT2D eigenvalue weighted by molar-refractivity contribution is -0.386. The van der Waals surface area contributed by atoms with Crippen LogP contribution in [0.5, 0.6) is 5.75 Å². The maximum Gasteiger partial charge on any atom is 0.387 e. The molecule has 6 nitrogen and oxygen atoms in total. The fourth-order valence-electron chi connectivity index (χ4n) is 3.69. The molecule has 1 aromatic carbocycles. The van der Waals surface area contributed by atoms with Gasteiger partial charge in [0.1, 0.15) is 0 Å². The first-order valence-electron chi connectivity index (χ1n) is 8.27. The number of rotatable bonds is 6. The van der Waals surface area contributed by atoms with E-state index in [4.69, 9.17) is 0 Å². The van der Waals surface area contributed by atoms with Gasteiger partial charge in [0, 0.05) is 43.0 Å². The lowest BCUT2D eigenvalue weighted by Crippen LogP contribution is -2.33. The summed E-state index contributed by atoms with van der Waals surface area (Å²) in [7, 11) is 0. The van der Waals surface area contributed by atoms with Gasteiger partial charge in [0.25, 0.3) is 0 Å². The van der Waals surface area contributed by atoms with Crippen LogP contribution in [0.1, 0.15) is 32.1 Å². The number of ether oxygens (including phenoxy) is 1. The molecule has 1 atom stereocenters. The van der Waals surface area contributed by atoms with Crippen molar-refractivity contribution in [3.05, 3.63) is 28.3 Å². The molecule has 1 saturated heterocycles. The summed E-state index contributed by atoms with van der Waals surface area (Å²) in [5, 5.41) is 14.2. The number of nitrogens with zero attached hydrogens (tertiary/aromatic N) is 2. The molecule has 2 fully saturated rings. The summed E-state index contributed by atoms with van der Waals surface area (Å²) in [5.41, 5.74) is 0.106. The van der Waals surface area contributed by atoms with Gasteiger partial charge in [-0.15, -0.1) is 0 Å². The number of anilines is 1. The molecule has 1 heterocycles. The van der Waals surface area contributed by atoms with E-state index >= 15 is 0 Å². The summed E-state index contributed by atoms with van der Waals surface area (Å²) >= 11 is 0. The molecule has 1 unspecified atom stereocenters. The lowest BCUT2D eigenvalue weighted by Gasteiger charge is -2.23. The van der Waals surface area contributed by atoms with Gasteiger partial charge in [0.15, 0.2) is 0 Å². The molecular weight excluding hydrogens is 320 g/mol. The van der Waals surface area contributed by atoms with E-state index in [-0.39, 0.29) is 6.04 Å². The van der Waals surface area contributed by atoms with Crippen molar-refractivity contribution in [1.29, 1.82) is 0 Å². The molecule has 2 aliphatic rings. The zero-order chi connectivity index (χ0) is 17.1. The van der Waals surface area contributed by atoms with E-state index in [0.29, 0.717) is 11.7 Å². The average Bonchev–Trinajstić information content (AvgIpc) is 3.17. The molecule has 0 aromatic heterocycles. The molecule has 1 saturated carbocycles. The van der Waals surface area contributed by atoms with Crippen LogP contribution < -0.4 is 10.1 Å². The van der Waals surface area contributed by atoms with Crippen LogP contribution in [0.2, 0.25) is 0 Å². The van der Waals surface area contributed by atoms with Crippen molar-refractivity contribution in [2.24, 2.45) is 0 Å². The minimum atomic E-state index is -3.09. The lowest BCUT2D eigenvalue weighted by atomic mass is 10.2. The highest BCUT2D eigenvalue weighted by atomic mass is 19.3. The predicted molar refractivity (Wildman–Crippen MR) is 85.6 cm³/mol. The molecule has 1 aromatic rings. The predicted octanol–water partition coefficient (Wildman–Crippen LogP) is 3.63. The summed E-state index contributed by atoms with van der Waals surface area (Å²) in [6.07, 6.45) is 6.04. The monoisotopic (exact) mass is 341 g/mol. The van der Waals surface area contributed by atoms with Gasteiger partial charge in [-0.05, 0) is 25.3 Å². The Labute approximate surface area is 138 Å². The maximum atomic E-state index is 12.5. The quantitative estimate of drug-likeness (QED) is 0.632. The fraction of sp³-hybridized carbons (Fsp3) is 0.625. The van der Waals surface area contributed by atoms with Crippen LogP contribution in [-0.2, 0) is 0 Å². The molecule has 3 rings (SSSR count). The van der Waals surface area contributed by atoms with E-state index in [0.717, 1.165) is 19.5 Å². The molecule has 0 spiro atoms. The zero-order valence-corrected chi connectivity index (χ0v) is 13.3. The van der Waals surface area contributed by atoms with Crippen molar-refractivity contribution in [1.82, 2.24) is 4.90 Å². The Hall–Kier alpha value is -1.96. The third-order valence-electron chi connectivity index (χ3n) is 4.80. The standard InChI is InChI=1S/C16H21F2N3O3/c17-16(18)24-15-9-11(5-6-14(15)21(22)23)19-12-7-8-20(10-12)13-3-1-2-4-13/h5-6,9,12-13,16,19H,1-4,7-8,10H2. The zero-order valence-electron chi connectivity index (χ0n) is 13.3. The Morgan fingerprint density at radius 2 is 2.04 bits per heavy atom. The number of hydrogen-bond acceptors (Lipinski definition) is 5. The third-order valence-corrected chi connectivity index (χ3v) is 4.80. The molecule has 1 aliphatic heterocycles. The smallest absolute Gasteiger partial charge is 0.387 e. The van der Waals surface area contributed by atoms with Gasteiger partial charge in [-0.25, -0.2) is 0 Å². The van der Waals surface area contributed by atoms with Crippen molar-refractivity contribution in [3.8, 4) is 5.75 Å². The second-order valence-corrected chi connectivity index (χ2v) is 6.38. The van der Waals surface area contributed by atoms with Crippen LogP contribution in [0.15, 0.2) is 18.2 Å². The van der Waals surface area contributed by atoms with Crippen molar-refractivity contribution in [2.45, 2.75) is 50.8 Å². The van der Waals surface area contributed by atoms with E-state index in [1.54, 1.807) is 0 Å². The van der Waals surface area contributed by atoms with Crippen LogP contribution >= 0.6 is 0 Å². The Bertz CT molecular complexity index is 594. The number of nitrogens with one attached hydrogen (secondary N) is 1. The van der Waals surface area contributed by atoms with Gasteiger partial charge >= 0.3 is 12.3 Å². The van der Waals surface area contributed by atoms with E-state index in [1.165, 1.54) is 43.9 Å². The minimum absolute atomic E-state index is 0.214. The summed E-state index contributed by atoms with van der Waals surface area (Å²) < 4.78 is 29.2. The normalized spacial score (nSPS) is 22.2. The second kappa shape index (κ2) is 7.29. The highest BCUT2D eigenvalue weighted by Crippen LogP contribution is 2.33. The van der Waals surface area contributed by atoms with Crippen molar-refractivity contribution in [2.75, 3.05) is 18.4 Å². The van der Waals surface area contributed by atoms with Crippen molar-refractivity contribution in [3.63, 3.8) is 0 Å². The number of nitro groups is 1. The molecule has 1 aliphatic carbocycles. The molecule has 0 amide bonds. The van der Waals surface area contributed by atoms with Gasteiger partial charge in [-0.2, -0.15) is 8.78 Å². The fourth-order valence-corrected chi connectivity index (χ4v) is 3.69. The highest BCUT2D eigenvalue weighted by Gasteiger charge is 2.30. The summed E-state index contributed by atoms with van der Waals surface area (Å²) in [6, 6.07) is 4.89. The number of alkyl halides is 2. The van der Waals surface area contributed by atoms with E-state index in [9.17, 15) is 18.9 Å². The number of benzene rings is 1. The average molecular weight is 341 g/mol. The van der Waals surface area contributed by atoms with Crippen molar-refractivity contribution < 1.29 is 18.4 Å². The number of hydrogen-bond donors (Lipinski definition) is 1. The van der Waals surface area contributed by atoms with Crippen LogP contribution in [0, 0.1) is 10.1 Å². The molecule has 24 heavy (non-hydrogen) atoms. The minimum Gasteiger partial charge on any atom is -0.427 e. The van der Waals surface area contributed by atoms with Gasteiger partial charge < -0.3 is 10.1 Å². The highest BCUT2D eigenvalue weighted by molar-refractivity contribution is 5.58. The van der Waals surface area contributed by atoms with E-state index in [2.05, 4.69) is 15.0 Å². The van der Waals surface area contributed by atoms with E-state index in [1.807, 2.05) is 0 Å². The van der Waals surface area contributed by atoms with Crippen LogP contribution in [0.3, 0.4) is 0 Å². The SMILES string of the molecule is O=[N+]([O-])c1ccc(NC2CCN(C3CCCC3)C2)cc1OC(F)F. The second-order valence-electron chi connectivity index (χ2n) is 6.38. The van der Waals surface area contributed by atoms with Crippen LogP contribution in [0.4, 0.5) is 20.2 Å². The molecule has 0 bridgehead atoms. The first-order valence-corrected chi connectivity index (χ1v) is 8.27. The summed E-state index contributed by atoms with van der Waals surface area (Å²) in [6.45, 7) is -1.16. The topological polar surface area (TPSA) is 67.6 Å². The molecule has 0 radical (unpaired) electrons. The van der Waals surface area contributed by atoms with Gasteiger partial charge in [-0.1, -0.05) is 12.8 Å². The number of nitro benzene ring substituents is 1. The molecule has 1 N–H and O–H groups in total. The molecule has 8 heteroatoms. The third kappa shape index (κ3) is 3.92. The number of halogens is 2. The molecule has 132 valence electrons. The van der Waals surface area contributed by atoms with Gasteiger partial charge in [0.05, 0.1) is 4.92 Å². The van der Waals surface area contributed by atoms with Crippen LogP contribution in [0.25, 0.3) is 0 Å². The summed E-state index contributed by atoms with van der Waals surface area (Å²) in [5.74, 6) is -0.411. The van der Waals surface area contributed by atoms with Crippen molar-refractivity contribution >= 4 is 11.4 Å². The van der Waals surface area contributed by atoms with Gasteiger partial charge in [0.2, 0.25) is 5.75 Å². The Balaban J connectivity index is 1.65. The first kappa shape index (κ1) is 16.9.